The summed E-state index contributed by atoms with van der Waals surface area (Å²) in [6.45, 7) is 6.78. The lowest BCUT2D eigenvalue weighted by atomic mass is 9.92. The molecular weight excluding hydrogens is 208 g/mol. The van der Waals surface area contributed by atoms with Gasteiger partial charge in [-0.25, -0.2) is 0 Å². The third kappa shape index (κ3) is 7.81. The maximum Gasteiger partial charge on any atom is 0.0516 e. The molecule has 1 fully saturated rings. The Balaban J connectivity index is 1.77. The van der Waals surface area contributed by atoms with Crippen LogP contribution in [0.1, 0.15) is 78.1 Å². The number of rotatable bonds is 11. The van der Waals surface area contributed by atoms with Gasteiger partial charge in [-0.3, -0.25) is 0 Å². The van der Waals surface area contributed by atoms with E-state index in [1.165, 1.54) is 64.2 Å². The molecule has 0 aliphatic carbocycles. The van der Waals surface area contributed by atoms with Crippen molar-refractivity contribution in [1.29, 1.82) is 0 Å². The normalized spacial score (nSPS) is 18.0. The monoisotopic (exact) mass is 240 g/mol. The van der Waals surface area contributed by atoms with E-state index in [1.807, 2.05) is 0 Å². The van der Waals surface area contributed by atoms with Crippen molar-refractivity contribution in [1.82, 2.24) is 0 Å². The minimum absolute atomic E-state index is 0.895. The van der Waals surface area contributed by atoms with Crippen molar-refractivity contribution >= 4 is 0 Å². The summed E-state index contributed by atoms with van der Waals surface area (Å²) in [5.41, 5.74) is 0. The Hall–Kier alpha value is -0.0400. The molecule has 1 heterocycles. The highest BCUT2D eigenvalue weighted by Gasteiger charge is 2.18. The van der Waals surface area contributed by atoms with Crippen molar-refractivity contribution in [2.75, 3.05) is 13.2 Å². The molecule has 0 amide bonds. The van der Waals surface area contributed by atoms with Gasteiger partial charge in [0, 0.05) is 5.92 Å². The second kappa shape index (κ2) is 9.94. The summed E-state index contributed by atoms with van der Waals surface area (Å²) in [6, 6.07) is 0. The van der Waals surface area contributed by atoms with Crippen molar-refractivity contribution in [3.63, 3.8) is 0 Å². The second-order valence-electron chi connectivity index (χ2n) is 6.00. The molecule has 1 atom stereocenters. The standard InChI is InChI=1S/C16H32O/c1-3-4-5-6-7-8-9-10-15(2)11-12-16-13-17-14-16/h15-16H,3-14H2,1-2H3. The second-order valence-corrected chi connectivity index (χ2v) is 6.00. The van der Waals surface area contributed by atoms with Crippen molar-refractivity contribution < 1.29 is 4.74 Å². The zero-order valence-electron chi connectivity index (χ0n) is 12.0. The van der Waals surface area contributed by atoms with E-state index < -0.39 is 0 Å². The Labute approximate surface area is 108 Å². The first kappa shape index (κ1) is 15.0. The summed E-state index contributed by atoms with van der Waals surface area (Å²) in [5.74, 6) is 1.83. The third-order valence-electron chi connectivity index (χ3n) is 4.08. The van der Waals surface area contributed by atoms with Crippen LogP contribution in [0.5, 0.6) is 0 Å². The molecule has 1 aliphatic rings. The highest BCUT2D eigenvalue weighted by molar-refractivity contribution is 4.67. The van der Waals surface area contributed by atoms with Crippen molar-refractivity contribution in [2.45, 2.75) is 78.1 Å². The Morgan fingerprint density at radius 1 is 0.941 bits per heavy atom. The highest BCUT2D eigenvalue weighted by Crippen LogP contribution is 2.22. The minimum Gasteiger partial charge on any atom is -0.381 e. The van der Waals surface area contributed by atoms with E-state index in [1.54, 1.807) is 0 Å². The fourth-order valence-corrected chi connectivity index (χ4v) is 2.57. The van der Waals surface area contributed by atoms with E-state index >= 15 is 0 Å². The lowest BCUT2D eigenvalue weighted by Crippen LogP contribution is -2.27. The molecule has 1 unspecified atom stereocenters. The smallest absolute Gasteiger partial charge is 0.0516 e. The quantitative estimate of drug-likeness (QED) is 0.452. The summed E-state index contributed by atoms with van der Waals surface area (Å²) < 4.78 is 5.21. The molecule has 0 saturated carbocycles. The lowest BCUT2D eigenvalue weighted by molar-refractivity contribution is -0.0378. The van der Waals surface area contributed by atoms with E-state index in [-0.39, 0.29) is 0 Å². The first-order chi connectivity index (χ1) is 8.33. The number of hydrogen-bond acceptors (Lipinski definition) is 1. The summed E-state index contributed by atoms with van der Waals surface area (Å²) >= 11 is 0. The molecule has 102 valence electrons. The largest absolute Gasteiger partial charge is 0.381 e. The number of hydrogen-bond donors (Lipinski definition) is 0. The van der Waals surface area contributed by atoms with Crippen LogP contribution < -0.4 is 0 Å². The number of unbranched alkanes of at least 4 members (excludes halogenated alkanes) is 6. The molecule has 0 N–H and O–H groups in total. The number of ether oxygens (including phenoxy) is 1. The molecule has 0 radical (unpaired) electrons. The van der Waals surface area contributed by atoms with Crippen LogP contribution in [0.25, 0.3) is 0 Å². The maximum atomic E-state index is 5.21. The highest BCUT2D eigenvalue weighted by atomic mass is 16.5. The van der Waals surface area contributed by atoms with Gasteiger partial charge < -0.3 is 4.74 Å². The lowest BCUT2D eigenvalue weighted by Gasteiger charge is -2.26. The first-order valence-electron chi connectivity index (χ1n) is 7.90. The molecular formula is C16H32O. The van der Waals surface area contributed by atoms with Crippen molar-refractivity contribution in [2.24, 2.45) is 11.8 Å². The maximum absolute atomic E-state index is 5.21. The van der Waals surface area contributed by atoms with Gasteiger partial charge in [0.1, 0.15) is 0 Å². The van der Waals surface area contributed by atoms with Crippen molar-refractivity contribution in [3.05, 3.63) is 0 Å². The molecule has 1 aliphatic heterocycles. The van der Waals surface area contributed by atoms with Crippen LogP contribution in [0, 0.1) is 11.8 Å². The van der Waals surface area contributed by atoms with Gasteiger partial charge in [0.05, 0.1) is 13.2 Å². The average Bonchev–Trinajstić information content (AvgIpc) is 2.26. The molecule has 1 saturated heterocycles. The van der Waals surface area contributed by atoms with E-state index in [0.717, 1.165) is 25.0 Å². The van der Waals surface area contributed by atoms with Crippen LogP contribution in [0.15, 0.2) is 0 Å². The Morgan fingerprint density at radius 3 is 2.18 bits per heavy atom. The van der Waals surface area contributed by atoms with Gasteiger partial charge >= 0.3 is 0 Å². The Bertz CT molecular complexity index is 163. The SMILES string of the molecule is CCCCCCCCCC(C)CCC1COC1. The molecule has 17 heavy (non-hydrogen) atoms. The topological polar surface area (TPSA) is 9.23 Å². The van der Waals surface area contributed by atoms with Gasteiger partial charge in [-0.1, -0.05) is 71.6 Å². The summed E-state index contributed by atoms with van der Waals surface area (Å²) in [5, 5.41) is 0. The summed E-state index contributed by atoms with van der Waals surface area (Å²) in [6.07, 6.45) is 14.3. The third-order valence-corrected chi connectivity index (χ3v) is 4.08. The van der Waals surface area contributed by atoms with Gasteiger partial charge in [-0.2, -0.15) is 0 Å². The van der Waals surface area contributed by atoms with Gasteiger partial charge in [0.25, 0.3) is 0 Å². The van der Waals surface area contributed by atoms with E-state index in [4.69, 9.17) is 4.74 Å². The van der Waals surface area contributed by atoms with Crippen LogP contribution in [0.3, 0.4) is 0 Å². The fourth-order valence-electron chi connectivity index (χ4n) is 2.57. The van der Waals surface area contributed by atoms with Crippen LogP contribution in [0.2, 0.25) is 0 Å². The van der Waals surface area contributed by atoms with Crippen LogP contribution in [-0.4, -0.2) is 13.2 Å². The Morgan fingerprint density at radius 2 is 1.59 bits per heavy atom. The van der Waals surface area contributed by atoms with Crippen molar-refractivity contribution in [3.8, 4) is 0 Å². The molecule has 0 aromatic heterocycles. The van der Waals surface area contributed by atoms with Crippen LogP contribution in [-0.2, 0) is 4.74 Å². The molecule has 0 spiro atoms. The average molecular weight is 240 g/mol. The molecule has 0 bridgehead atoms. The predicted molar refractivity (Wildman–Crippen MR) is 75.3 cm³/mol. The van der Waals surface area contributed by atoms with Gasteiger partial charge in [-0.15, -0.1) is 0 Å². The van der Waals surface area contributed by atoms with Gasteiger partial charge in [-0.05, 0) is 12.3 Å². The Kier molecular flexibility index (Phi) is 8.78. The summed E-state index contributed by atoms with van der Waals surface area (Å²) in [4.78, 5) is 0. The van der Waals surface area contributed by atoms with Gasteiger partial charge in [0.2, 0.25) is 0 Å². The molecule has 1 rings (SSSR count). The fraction of sp³-hybridized carbons (Fsp3) is 1.00. The molecule has 0 aromatic rings. The van der Waals surface area contributed by atoms with E-state index in [0.29, 0.717) is 0 Å². The van der Waals surface area contributed by atoms with Crippen LogP contribution >= 0.6 is 0 Å². The molecule has 1 nitrogen and oxygen atoms in total. The summed E-state index contributed by atoms with van der Waals surface area (Å²) in [7, 11) is 0. The zero-order chi connectivity index (χ0) is 12.3. The van der Waals surface area contributed by atoms with E-state index in [9.17, 15) is 0 Å². The molecule has 0 aromatic carbocycles. The zero-order valence-corrected chi connectivity index (χ0v) is 12.0. The predicted octanol–water partition coefficient (Wildman–Crippen LogP) is 5.19. The van der Waals surface area contributed by atoms with Crippen LogP contribution in [0.4, 0.5) is 0 Å². The first-order valence-corrected chi connectivity index (χ1v) is 7.90. The minimum atomic E-state index is 0.895. The van der Waals surface area contributed by atoms with E-state index in [2.05, 4.69) is 13.8 Å². The molecule has 1 heteroatoms. The van der Waals surface area contributed by atoms with Gasteiger partial charge in [0.15, 0.2) is 0 Å².